The Kier molecular flexibility index (Phi) is 8.03. The molecule has 0 spiro atoms. The molecule has 4 atom stereocenters. The molecule has 1 aliphatic heterocycles. The van der Waals surface area contributed by atoms with Crippen LogP contribution in [0.5, 0.6) is 0 Å². The summed E-state index contributed by atoms with van der Waals surface area (Å²) in [7, 11) is 0. The van der Waals surface area contributed by atoms with E-state index in [1.807, 2.05) is 13.8 Å². The van der Waals surface area contributed by atoms with E-state index in [0.717, 1.165) is 0 Å². The summed E-state index contributed by atoms with van der Waals surface area (Å²) in [5.41, 5.74) is 9.89. The summed E-state index contributed by atoms with van der Waals surface area (Å²) < 4.78 is 5.28. The fourth-order valence-corrected chi connectivity index (χ4v) is 2.79. The molecule has 21 heavy (non-hydrogen) atoms. The van der Waals surface area contributed by atoms with Crippen molar-refractivity contribution in [2.24, 2.45) is 34.6 Å². The van der Waals surface area contributed by atoms with Crippen molar-refractivity contribution in [2.75, 3.05) is 19.8 Å². The predicted molar refractivity (Wildman–Crippen MR) is 72.0 cm³/mol. The van der Waals surface area contributed by atoms with Crippen LogP contribution in [0.3, 0.4) is 0 Å². The molecule has 1 fully saturated rings. The smallest absolute Gasteiger partial charge is 0.321 e. The summed E-state index contributed by atoms with van der Waals surface area (Å²) in [6.45, 7) is 4.35. The molecule has 8 heteroatoms. The second kappa shape index (κ2) is 8.22. The number of nitrogens with two attached hydrogens (primary N) is 2. The van der Waals surface area contributed by atoms with Gasteiger partial charge in [0.1, 0.15) is 0 Å². The maximum atomic E-state index is 11.6. The fraction of sp³-hybridized carbons (Fsp3) is 0.846. The van der Waals surface area contributed by atoms with Crippen LogP contribution in [-0.4, -0.2) is 48.0 Å². The molecular weight excluding hydrogens is 459 g/mol. The van der Waals surface area contributed by atoms with Crippen LogP contribution in [0.15, 0.2) is 0 Å². The van der Waals surface area contributed by atoms with Crippen molar-refractivity contribution < 1.29 is 45.6 Å². The monoisotopic (exact) mass is 483 g/mol. The van der Waals surface area contributed by atoms with E-state index in [4.69, 9.17) is 16.2 Å². The number of carboxylic acid groups (broad SMARTS) is 2. The molecule has 6 N–H and O–H groups in total. The fourth-order valence-electron chi connectivity index (χ4n) is 2.79. The average Bonchev–Trinajstić information content (AvgIpc) is 2.44. The maximum absolute atomic E-state index is 11.6. The van der Waals surface area contributed by atoms with Crippen molar-refractivity contribution in [3.05, 3.63) is 0 Å². The van der Waals surface area contributed by atoms with E-state index in [-0.39, 0.29) is 52.5 Å². The van der Waals surface area contributed by atoms with E-state index in [0.29, 0.717) is 6.54 Å². The van der Waals surface area contributed by atoms with E-state index < -0.39 is 29.3 Å². The third-order valence-electron chi connectivity index (χ3n) is 4.68. The van der Waals surface area contributed by atoms with Gasteiger partial charge in [0.15, 0.2) is 5.41 Å². The molecule has 1 saturated heterocycles. The van der Waals surface area contributed by atoms with Crippen LogP contribution < -0.4 is 11.5 Å². The topological polar surface area (TPSA) is 136 Å². The summed E-state index contributed by atoms with van der Waals surface area (Å²) in [4.78, 5) is 23.2. The van der Waals surface area contributed by atoms with E-state index in [1.165, 1.54) is 0 Å². The van der Waals surface area contributed by atoms with Gasteiger partial charge in [-0.05, 0) is 24.8 Å². The number of ether oxygens (including phenoxy) is 1. The van der Waals surface area contributed by atoms with Crippen molar-refractivity contribution in [3.8, 4) is 0 Å². The molecule has 0 saturated carbocycles. The second-order valence-corrected chi connectivity index (χ2v) is 5.66. The third-order valence-corrected chi connectivity index (χ3v) is 4.68. The third kappa shape index (κ3) is 3.83. The Morgan fingerprint density at radius 3 is 2.29 bits per heavy atom. The molecule has 0 aliphatic carbocycles. The number of aliphatic carboxylic acids is 2. The van der Waals surface area contributed by atoms with Gasteiger partial charge < -0.3 is 26.4 Å². The van der Waals surface area contributed by atoms with Crippen LogP contribution in [0.25, 0.3) is 0 Å². The second-order valence-electron chi connectivity index (χ2n) is 5.66. The first-order valence-electron chi connectivity index (χ1n) is 6.79. The molecule has 1 heterocycles. The van der Waals surface area contributed by atoms with E-state index in [2.05, 4.69) is 0 Å². The van der Waals surface area contributed by atoms with Crippen LogP contribution >= 0.6 is 0 Å². The standard InChI is InChI=1S/C13H24N2O5.Pt/c1-7(5-14)8(2)10(15)9-6-20-4-3-13(9,11(16)17)12(18)19;/h7-10H,3-6,14-15H2,1-2H3,(H,16,17)(H,18,19);. The van der Waals surface area contributed by atoms with E-state index in [9.17, 15) is 19.8 Å². The predicted octanol–water partition coefficient (Wildman–Crippen LogP) is -0.266. The van der Waals surface area contributed by atoms with Gasteiger partial charge in [-0.25, -0.2) is 0 Å². The molecule has 0 aromatic heterocycles. The van der Waals surface area contributed by atoms with Crippen molar-refractivity contribution in [3.63, 3.8) is 0 Å². The van der Waals surface area contributed by atoms with Crippen LogP contribution in [0.2, 0.25) is 0 Å². The van der Waals surface area contributed by atoms with Crippen LogP contribution in [-0.2, 0) is 35.4 Å². The minimum Gasteiger partial charge on any atom is -0.480 e. The summed E-state index contributed by atoms with van der Waals surface area (Å²) in [5, 5.41) is 18.9. The molecule has 4 unspecified atom stereocenters. The number of carbonyl (C=O) groups is 2. The normalized spacial score (nSPS) is 25.2. The Bertz CT molecular complexity index is 366. The van der Waals surface area contributed by atoms with Gasteiger partial charge in [0.05, 0.1) is 6.61 Å². The number of carboxylic acids is 2. The van der Waals surface area contributed by atoms with E-state index >= 15 is 0 Å². The Labute approximate surface area is 138 Å². The van der Waals surface area contributed by atoms with Gasteiger partial charge in [0.25, 0.3) is 0 Å². The van der Waals surface area contributed by atoms with Gasteiger partial charge in [-0.3, -0.25) is 9.59 Å². The van der Waals surface area contributed by atoms with Crippen molar-refractivity contribution >= 4 is 11.9 Å². The quantitative estimate of drug-likeness (QED) is 0.382. The largest absolute Gasteiger partial charge is 0.480 e. The van der Waals surface area contributed by atoms with Gasteiger partial charge in [0, 0.05) is 39.6 Å². The van der Waals surface area contributed by atoms with Gasteiger partial charge >= 0.3 is 11.9 Å². The van der Waals surface area contributed by atoms with E-state index in [1.54, 1.807) is 0 Å². The zero-order chi connectivity index (χ0) is 15.5. The zero-order valence-electron chi connectivity index (χ0n) is 12.2. The van der Waals surface area contributed by atoms with Crippen molar-refractivity contribution in [1.82, 2.24) is 0 Å². The zero-order valence-corrected chi connectivity index (χ0v) is 14.5. The maximum Gasteiger partial charge on any atom is 0.321 e. The molecule has 0 bridgehead atoms. The molecular formula is C13H24N2O5Pt. The minimum atomic E-state index is -1.87. The van der Waals surface area contributed by atoms with Crippen molar-refractivity contribution in [2.45, 2.75) is 26.3 Å². The summed E-state index contributed by atoms with van der Waals surface area (Å²) in [6, 6.07) is -0.596. The van der Waals surface area contributed by atoms with Gasteiger partial charge in [-0.2, -0.15) is 0 Å². The number of hydrogen-bond acceptors (Lipinski definition) is 5. The Hall–Kier alpha value is -0.492. The molecule has 7 nitrogen and oxygen atoms in total. The molecule has 0 amide bonds. The Balaban J connectivity index is 0.00000400. The first-order valence-corrected chi connectivity index (χ1v) is 6.79. The molecule has 1 aliphatic rings. The molecule has 0 radical (unpaired) electrons. The van der Waals surface area contributed by atoms with Crippen LogP contribution in [0.1, 0.15) is 20.3 Å². The molecule has 0 aromatic rings. The van der Waals surface area contributed by atoms with Gasteiger partial charge in [-0.15, -0.1) is 0 Å². The van der Waals surface area contributed by atoms with Crippen LogP contribution in [0.4, 0.5) is 0 Å². The minimum absolute atomic E-state index is 0. The molecule has 126 valence electrons. The number of hydrogen-bond donors (Lipinski definition) is 4. The first kappa shape index (κ1) is 20.5. The summed E-state index contributed by atoms with van der Waals surface area (Å²) >= 11 is 0. The summed E-state index contributed by atoms with van der Waals surface area (Å²) in [6.07, 6.45) is -0.0697. The van der Waals surface area contributed by atoms with Crippen LogP contribution in [0, 0.1) is 23.2 Å². The first-order chi connectivity index (χ1) is 9.28. The SMILES string of the molecule is CC(CN)C(C)C(N)C1COCCC1(C(=O)O)C(=O)O.[Pt]. The number of rotatable bonds is 6. The van der Waals surface area contributed by atoms with Crippen molar-refractivity contribution in [1.29, 1.82) is 0 Å². The van der Waals surface area contributed by atoms with Gasteiger partial charge in [0.2, 0.25) is 0 Å². The molecule has 1 rings (SSSR count). The van der Waals surface area contributed by atoms with Gasteiger partial charge in [-0.1, -0.05) is 13.8 Å². The Morgan fingerprint density at radius 2 is 1.86 bits per heavy atom. The molecule has 0 aromatic carbocycles. The Morgan fingerprint density at radius 1 is 1.33 bits per heavy atom. The summed E-state index contributed by atoms with van der Waals surface area (Å²) in [5.74, 6) is -3.48. The average molecular weight is 483 g/mol.